The second-order valence-corrected chi connectivity index (χ2v) is 4.77. The van der Waals surface area contributed by atoms with Gasteiger partial charge in [0.25, 0.3) is 0 Å². The van der Waals surface area contributed by atoms with Gasteiger partial charge in [0.2, 0.25) is 0 Å². The molecule has 0 atom stereocenters. The smallest absolute Gasteiger partial charge is 0.101 e. The lowest BCUT2D eigenvalue weighted by Gasteiger charge is -1.93. The highest BCUT2D eigenvalue weighted by Crippen LogP contribution is 2.19. The van der Waals surface area contributed by atoms with Crippen molar-refractivity contribution in [1.82, 2.24) is 0 Å². The fourth-order valence-corrected chi connectivity index (χ4v) is 1.81. The maximum absolute atomic E-state index is 4.20. The zero-order valence-electron chi connectivity index (χ0n) is 9.39. The molecule has 2 nitrogen and oxygen atoms in total. The Labute approximate surface area is 114 Å². The Hall–Kier alpha value is -1.45. The molecule has 0 fully saturated rings. The maximum Gasteiger partial charge on any atom is 0.101 e. The average Bonchev–Trinajstić information content (AvgIpc) is 2.34. The van der Waals surface area contributed by atoms with E-state index in [1.54, 1.807) is 0 Å². The van der Waals surface area contributed by atoms with Crippen molar-refractivity contribution in [2.75, 3.05) is 0 Å². The first-order valence-electron chi connectivity index (χ1n) is 5.23. The van der Waals surface area contributed by atoms with Gasteiger partial charge in [-0.2, -0.15) is 9.98 Å². The molecule has 0 saturated carbocycles. The van der Waals surface area contributed by atoms with E-state index in [4.69, 9.17) is 0 Å². The third-order valence-corrected chi connectivity index (χ3v) is 3.15. The lowest BCUT2D eigenvalue weighted by atomic mass is 10.2. The summed E-state index contributed by atoms with van der Waals surface area (Å²) < 4.78 is 1.09. The zero-order chi connectivity index (χ0) is 12.1. The first-order valence-corrected chi connectivity index (χ1v) is 6.31. The van der Waals surface area contributed by atoms with Gasteiger partial charge in [0.15, 0.2) is 0 Å². The molecular weight excluding hydrogens is 323 g/mol. The second kappa shape index (κ2) is 5.75. The number of nitrogens with zero attached hydrogens (tertiary/aromatic N) is 2. The van der Waals surface area contributed by atoms with Crippen LogP contribution in [0.25, 0.3) is 0 Å². The van der Waals surface area contributed by atoms with Crippen LogP contribution in [0.2, 0.25) is 0 Å². The van der Waals surface area contributed by atoms with Crippen LogP contribution in [0.15, 0.2) is 58.5 Å². The summed E-state index contributed by atoms with van der Waals surface area (Å²) in [6, 6.07) is 18.6. The summed E-state index contributed by atoms with van der Waals surface area (Å²) in [7, 11) is 0. The molecule has 0 heterocycles. The Balaban J connectivity index is 2.21. The summed E-state index contributed by atoms with van der Waals surface area (Å²) in [5.41, 5.74) is 2.98. The third-order valence-electron chi connectivity index (χ3n) is 2.24. The molecule has 84 valence electrons. The molecule has 0 aromatic heterocycles. The van der Waals surface area contributed by atoms with E-state index in [0.717, 1.165) is 14.9 Å². The van der Waals surface area contributed by atoms with Crippen LogP contribution >= 0.6 is 22.6 Å². The molecule has 0 aliphatic rings. The summed E-state index contributed by atoms with van der Waals surface area (Å²) in [5, 5.41) is 0. The molecule has 17 heavy (non-hydrogen) atoms. The number of rotatable bonds is 2. The summed E-state index contributed by atoms with van der Waals surface area (Å²) in [5.74, 6) is 0. The predicted octanol–water partition coefficient (Wildman–Crippen LogP) is 4.74. The van der Waals surface area contributed by atoms with Gasteiger partial charge in [0.05, 0.1) is 11.4 Å². The Morgan fingerprint density at radius 2 is 1.65 bits per heavy atom. The fourth-order valence-electron chi connectivity index (χ4n) is 1.30. The van der Waals surface area contributed by atoms with Gasteiger partial charge in [-0.25, -0.2) is 0 Å². The van der Waals surface area contributed by atoms with E-state index < -0.39 is 0 Å². The molecule has 2 aromatic rings. The number of hydrogen-bond acceptors (Lipinski definition) is 2. The van der Waals surface area contributed by atoms with Crippen LogP contribution in [-0.4, -0.2) is 6.01 Å². The fraction of sp³-hybridized carbons (Fsp3) is 0.0714. The minimum absolute atomic E-state index is 0.866. The summed E-state index contributed by atoms with van der Waals surface area (Å²) in [4.78, 5) is 8.36. The number of hydrogen-bond donors (Lipinski definition) is 0. The monoisotopic (exact) mass is 334 g/mol. The van der Waals surface area contributed by atoms with Crippen molar-refractivity contribution in [3.05, 3.63) is 57.7 Å². The van der Waals surface area contributed by atoms with Crippen LogP contribution in [0, 0.1) is 10.5 Å². The number of benzene rings is 2. The minimum Gasteiger partial charge on any atom is -0.188 e. The van der Waals surface area contributed by atoms with Crippen molar-refractivity contribution in [1.29, 1.82) is 0 Å². The summed E-state index contributed by atoms with van der Waals surface area (Å²) in [6.07, 6.45) is 0. The summed E-state index contributed by atoms with van der Waals surface area (Å²) >= 11 is 2.24. The topological polar surface area (TPSA) is 24.7 Å². The molecular formula is C14H11IN2. The van der Waals surface area contributed by atoms with Crippen molar-refractivity contribution in [3.8, 4) is 0 Å². The Morgan fingerprint density at radius 3 is 2.35 bits per heavy atom. The van der Waals surface area contributed by atoms with E-state index >= 15 is 0 Å². The Morgan fingerprint density at radius 1 is 0.941 bits per heavy atom. The molecule has 0 aliphatic carbocycles. The SMILES string of the molecule is Cc1ccc(N=C=Nc2ccccc2I)cc1. The largest absolute Gasteiger partial charge is 0.188 e. The van der Waals surface area contributed by atoms with E-state index in [9.17, 15) is 0 Å². The second-order valence-electron chi connectivity index (χ2n) is 3.61. The summed E-state index contributed by atoms with van der Waals surface area (Å²) in [6.45, 7) is 2.05. The molecule has 2 rings (SSSR count). The van der Waals surface area contributed by atoms with Crippen molar-refractivity contribution in [2.24, 2.45) is 9.98 Å². The normalized spacial score (nSPS) is 9.53. The molecule has 0 saturated heterocycles. The van der Waals surface area contributed by atoms with E-state index in [2.05, 4.69) is 38.6 Å². The number of aliphatic imine (C=N–C) groups is 2. The van der Waals surface area contributed by atoms with Crippen LogP contribution in [0.1, 0.15) is 5.56 Å². The molecule has 0 amide bonds. The Bertz CT molecular complexity index is 567. The van der Waals surface area contributed by atoms with Crippen LogP contribution in [-0.2, 0) is 0 Å². The van der Waals surface area contributed by atoms with Crippen LogP contribution in [0.5, 0.6) is 0 Å². The lowest BCUT2D eigenvalue weighted by molar-refractivity contribution is 1.43. The first-order chi connectivity index (χ1) is 8.25. The van der Waals surface area contributed by atoms with Gasteiger partial charge in [0, 0.05) is 3.57 Å². The zero-order valence-corrected chi connectivity index (χ0v) is 11.5. The van der Waals surface area contributed by atoms with Gasteiger partial charge >= 0.3 is 0 Å². The highest BCUT2D eigenvalue weighted by atomic mass is 127. The Kier molecular flexibility index (Phi) is 4.07. The predicted molar refractivity (Wildman–Crippen MR) is 79.5 cm³/mol. The number of aryl methyl sites for hydroxylation is 1. The van der Waals surface area contributed by atoms with Crippen molar-refractivity contribution >= 4 is 40.0 Å². The van der Waals surface area contributed by atoms with Gasteiger partial charge in [0.1, 0.15) is 6.01 Å². The van der Waals surface area contributed by atoms with Gasteiger partial charge in [-0.15, -0.1) is 0 Å². The highest BCUT2D eigenvalue weighted by Gasteiger charge is 1.92. The molecule has 0 radical (unpaired) electrons. The highest BCUT2D eigenvalue weighted by molar-refractivity contribution is 14.1. The molecule has 0 N–H and O–H groups in total. The van der Waals surface area contributed by atoms with Crippen molar-refractivity contribution in [2.45, 2.75) is 6.92 Å². The number of para-hydroxylation sites is 1. The van der Waals surface area contributed by atoms with E-state index in [-0.39, 0.29) is 0 Å². The molecule has 3 heteroatoms. The van der Waals surface area contributed by atoms with E-state index in [1.807, 2.05) is 55.5 Å². The van der Waals surface area contributed by atoms with E-state index in [0.29, 0.717) is 0 Å². The molecule has 0 spiro atoms. The molecule has 0 aliphatic heterocycles. The molecule has 2 aromatic carbocycles. The van der Waals surface area contributed by atoms with Crippen LogP contribution in [0.3, 0.4) is 0 Å². The minimum atomic E-state index is 0.866. The first kappa shape index (κ1) is 12.0. The standard InChI is InChI=1S/C14H11IN2/c1-11-6-8-12(9-7-11)16-10-17-14-5-3-2-4-13(14)15/h2-9H,1H3. The van der Waals surface area contributed by atoms with Crippen molar-refractivity contribution in [3.63, 3.8) is 0 Å². The maximum atomic E-state index is 4.20. The van der Waals surface area contributed by atoms with Gasteiger partial charge in [-0.3, -0.25) is 0 Å². The van der Waals surface area contributed by atoms with E-state index in [1.165, 1.54) is 5.56 Å². The van der Waals surface area contributed by atoms with Gasteiger partial charge in [-0.05, 0) is 53.8 Å². The van der Waals surface area contributed by atoms with Crippen LogP contribution in [0.4, 0.5) is 11.4 Å². The van der Waals surface area contributed by atoms with Crippen LogP contribution < -0.4 is 0 Å². The lowest BCUT2D eigenvalue weighted by Crippen LogP contribution is -1.71. The average molecular weight is 334 g/mol. The van der Waals surface area contributed by atoms with Crippen molar-refractivity contribution < 1.29 is 0 Å². The van der Waals surface area contributed by atoms with Gasteiger partial charge in [-0.1, -0.05) is 29.8 Å². The van der Waals surface area contributed by atoms with Gasteiger partial charge < -0.3 is 0 Å². The molecule has 0 bridgehead atoms. The third kappa shape index (κ3) is 3.51. The number of halogens is 1. The molecule has 0 unspecified atom stereocenters. The quantitative estimate of drug-likeness (QED) is 0.560.